The molecule has 0 fully saturated rings. The fourth-order valence-corrected chi connectivity index (χ4v) is 2.18. The fraction of sp³-hybridized carbons (Fsp3) is 0.300. The lowest BCUT2D eigenvalue weighted by Gasteiger charge is -2.12. The first-order valence-electron chi connectivity index (χ1n) is 8.29. The lowest BCUT2D eigenvalue weighted by Crippen LogP contribution is -2.12. The number of aromatic nitrogens is 2. The molecule has 0 radical (unpaired) electrons. The molecule has 1 atom stereocenters. The van der Waals surface area contributed by atoms with E-state index in [9.17, 15) is 0 Å². The van der Waals surface area contributed by atoms with Gasteiger partial charge in [-0.25, -0.2) is 4.98 Å². The molecule has 4 nitrogen and oxygen atoms in total. The van der Waals surface area contributed by atoms with Crippen molar-refractivity contribution >= 4 is 17.5 Å². The van der Waals surface area contributed by atoms with Gasteiger partial charge in [-0.1, -0.05) is 48.9 Å². The van der Waals surface area contributed by atoms with Gasteiger partial charge in [0.15, 0.2) is 0 Å². The van der Waals surface area contributed by atoms with Gasteiger partial charge in [-0.3, -0.25) is 0 Å². The number of nitrogens with one attached hydrogen (secondary N) is 2. The third-order valence-corrected chi connectivity index (χ3v) is 3.50. The van der Waals surface area contributed by atoms with Crippen LogP contribution in [-0.2, 0) is 0 Å². The van der Waals surface area contributed by atoms with E-state index < -0.39 is 0 Å². The summed E-state index contributed by atoms with van der Waals surface area (Å²) in [5, 5.41) is 6.64. The van der Waals surface area contributed by atoms with Gasteiger partial charge in [-0.15, -0.1) is 0 Å². The Morgan fingerprint density at radius 1 is 1.08 bits per heavy atom. The maximum absolute atomic E-state index is 4.55. The van der Waals surface area contributed by atoms with Crippen molar-refractivity contribution in [3.63, 3.8) is 0 Å². The third kappa shape index (κ3) is 5.88. The predicted octanol–water partition coefficient (Wildman–Crippen LogP) is 5.02. The summed E-state index contributed by atoms with van der Waals surface area (Å²) >= 11 is 0. The van der Waals surface area contributed by atoms with E-state index in [-0.39, 0.29) is 0 Å². The molecule has 0 aliphatic rings. The van der Waals surface area contributed by atoms with Gasteiger partial charge in [0, 0.05) is 24.0 Å². The van der Waals surface area contributed by atoms with Crippen LogP contribution in [0, 0.1) is 19.8 Å². The molecule has 0 aliphatic heterocycles. The number of rotatable bonds is 7. The highest BCUT2D eigenvalue weighted by Crippen LogP contribution is 2.17. The molecule has 24 heavy (non-hydrogen) atoms. The Kier molecular flexibility index (Phi) is 6.55. The maximum atomic E-state index is 4.55. The zero-order valence-corrected chi connectivity index (χ0v) is 14.9. The van der Waals surface area contributed by atoms with Gasteiger partial charge in [-0.2, -0.15) is 4.98 Å². The first kappa shape index (κ1) is 17.7. The number of hydrogen-bond donors (Lipinski definition) is 2. The summed E-state index contributed by atoms with van der Waals surface area (Å²) < 4.78 is 0. The SMILES string of the molecule is C/C=C\C=C/C(C)CNc1nc(C)cc(Nc2ccc(C)cc2)n1. The second-order valence-corrected chi connectivity index (χ2v) is 5.98. The second kappa shape index (κ2) is 8.87. The molecule has 2 N–H and O–H groups in total. The molecule has 126 valence electrons. The Labute approximate surface area is 144 Å². The quantitative estimate of drug-likeness (QED) is 0.703. The van der Waals surface area contributed by atoms with Gasteiger partial charge in [0.25, 0.3) is 0 Å². The smallest absolute Gasteiger partial charge is 0.224 e. The molecule has 0 spiro atoms. The standard InChI is InChI=1S/C20H26N4/c1-5-6-7-8-16(3)14-21-20-22-17(4)13-19(24-20)23-18-11-9-15(2)10-12-18/h5-13,16H,14H2,1-4H3,(H2,21,22,23,24)/b6-5-,8-7-. The molecule has 0 saturated heterocycles. The van der Waals surface area contributed by atoms with Crippen molar-refractivity contribution in [2.75, 3.05) is 17.2 Å². The van der Waals surface area contributed by atoms with E-state index in [1.54, 1.807) is 0 Å². The summed E-state index contributed by atoms with van der Waals surface area (Å²) in [4.78, 5) is 9.01. The number of benzene rings is 1. The molecule has 4 heteroatoms. The molecule has 1 heterocycles. The van der Waals surface area contributed by atoms with Crippen molar-refractivity contribution in [1.29, 1.82) is 0 Å². The van der Waals surface area contributed by atoms with Crippen LogP contribution in [0.15, 0.2) is 54.6 Å². The highest BCUT2D eigenvalue weighted by molar-refractivity contribution is 5.57. The molecular weight excluding hydrogens is 296 g/mol. The van der Waals surface area contributed by atoms with E-state index in [0.717, 1.165) is 23.7 Å². The van der Waals surface area contributed by atoms with E-state index >= 15 is 0 Å². The van der Waals surface area contributed by atoms with Crippen molar-refractivity contribution in [2.24, 2.45) is 5.92 Å². The highest BCUT2D eigenvalue weighted by Gasteiger charge is 2.04. The second-order valence-electron chi connectivity index (χ2n) is 5.98. The summed E-state index contributed by atoms with van der Waals surface area (Å²) in [6.45, 7) is 9.02. The molecular formula is C20H26N4. The monoisotopic (exact) mass is 322 g/mol. The van der Waals surface area contributed by atoms with Crippen LogP contribution in [0.4, 0.5) is 17.5 Å². The number of allylic oxidation sites excluding steroid dienone is 3. The number of hydrogen-bond acceptors (Lipinski definition) is 4. The van der Waals surface area contributed by atoms with E-state index in [2.05, 4.69) is 58.7 Å². The summed E-state index contributed by atoms with van der Waals surface area (Å²) in [5.74, 6) is 1.85. The highest BCUT2D eigenvalue weighted by atomic mass is 15.1. The first-order chi connectivity index (χ1) is 11.6. The topological polar surface area (TPSA) is 49.8 Å². The van der Waals surface area contributed by atoms with Crippen molar-refractivity contribution in [2.45, 2.75) is 27.7 Å². The van der Waals surface area contributed by atoms with Crippen molar-refractivity contribution in [3.8, 4) is 0 Å². The largest absolute Gasteiger partial charge is 0.354 e. The Morgan fingerprint density at radius 2 is 1.83 bits per heavy atom. The van der Waals surface area contributed by atoms with Gasteiger partial charge >= 0.3 is 0 Å². The third-order valence-electron chi connectivity index (χ3n) is 3.50. The minimum absolute atomic E-state index is 0.402. The van der Waals surface area contributed by atoms with Crippen molar-refractivity contribution in [3.05, 3.63) is 65.9 Å². The Morgan fingerprint density at radius 3 is 2.54 bits per heavy atom. The summed E-state index contributed by atoms with van der Waals surface area (Å²) in [7, 11) is 0. The lowest BCUT2D eigenvalue weighted by molar-refractivity contribution is 0.763. The fourth-order valence-electron chi connectivity index (χ4n) is 2.18. The predicted molar refractivity (Wildman–Crippen MR) is 103 cm³/mol. The van der Waals surface area contributed by atoms with Crippen LogP contribution in [0.25, 0.3) is 0 Å². The first-order valence-corrected chi connectivity index (χ1v) is 8.29. The van der Waals surface area contributed by atoms with Gasteiger partial charge in [-0.05, 0) is 38.8 Å². The van der Waals surface area contributed by atoms with Crippen LogP contribution in [0.3, 0.4) is 0 Å². The molecule has 1 aromatic carbocycles. The molecule has 1 unspecified atom stereocenters. The van der Waals surface area contributed by atoms with Crippen LogP contribution in [0.2, 0.25) is 0 Å². The zero-order chi connectivity index (χ0) is 17.4. The van der Waals surface area contributed by atoms with Crippen molar-refractivity contribution < 1.29 is 0 Å². The minimum Gasteiger partial charge on any atom is -0.354 e. The van der Waals surface area contributed by atoms with Crippen LogP contribution in [0.5, 0.6) is 0 Å². The van der Waals surface area contributed by atoms with Gasteiger partial charge in [0.05, 0.1) is 0 Å². The number of nitrogens with zero attached hydrogens (tertiary/aromatic N) is 2. The van der Waals surface area contributed by atoms with Crippen LogP contribution in [-0.4, -0.2) is 16.5 Å². The molecule has 2 rings (SSSR count). The molecule has 0 bridgehead atoms. The van der Waals surface area contributed by atoms with Crippen LogP contribution < -0.4 is 10.6 Å². The summed E-state index contributed by atoms with van der Waals surface area (Å²) in [6.07, 6.45) is 8.27. The van der Waals surface area contributed by atoms with Crippen molar-refractivity contribution in [1.82, 2.24) is 9.97 Å². The Balaban J connectivity index is 2.01. The lowest BCUT2D eigenvalue weighted by atomic mass is 10.1. The number of aryl methyl sites for hydroxylation is 2. The average molecular weight is 322 g/mol. The van der Waals surface area contributed by atoms with Gasteiger partial charge < -0.3 is 10.6 Å². The molecule has 0 aliphatic carbocycles. The number of anilines is 3. The van der Waals surface area contributed by atoms with Crippen LogP contribution >= 0.6 is 0 Å². The Hall–Kier alpha value is -2.62. The average Bonchev–Trinajstić information content (AvgIpc) is 2.55. The van der Waals surface area contributed by atoms with Gasteiger partial charge in [0.1, 0.15) is 5.82 Å². The van der Waals surface area contributed by atoms with E-state index in [1.807, 2.05) is 44.2 Å². The molecule has 1 aromatic heterocycles. The molecule has 2 aromatic rings. The van der Waals surface area contributed by atoms with E-state index in [0.29, 0.717) is 11.9 Å². The van der Waals surface area contributed by atoms with E-state index in [4.69, 9.17) is 0 Å². The maximum Gasteiger partial charge on any atom is 0.224 e. The summed E-state index contributed by atoms with van der Waals surface area (Å²) in [5.41, 5.74) is 3.19. The van der Waals surface area contributed by atoms with Gasteiger partial charge in [0.2, 0.25) is 5.95 Å². The Bertz CT molecular complexity index is 702. The molecule has 0 amide bonds. The summed E-state index contributed by atoms with van der Waals surface area (Å²) in [6, 6.07) is 10.2. The normalized spacial score (nSPS) is 12.7. The molecule has 0 saturated carbocycles. The van der Waals surface area contributed by atoms with E-state index in [1.165, 1.54) is 5.56 Å². The zero-order valence-electron chi connectivity index (χ0n) is 14.9. The minimum atomic E-state index is 0.402. The van der Waals surface area contributed by atoms with Crippen LogP contribution in [0.1, 0.15) is 25.1 Å².